The molecule has 1 N–H and O–H groups in total. The van der Waals surface area contributed by atoms with E-state index in [1.165, 1.54) is 57.9 Å². The Morgan fingerprint density at radius 1 is 1.06 bits per heavy atom. The van der Waals surface area contributed by atoms with E-state index < -0.39 is 0 Å². The Balaban J connectivity index is 1.48. The third-order valence-corrected chi connectivity index (χ3v) is 5.47. The van der Waals surface area contributed by atoms with Crippen molar-refractivity contribution >= 4 is 0 Å². The molecule has 0 spiro atoms. The van der Waals surface area contributed by atoms with E-state index in [4.69, 9.17) is 0 Å². The molecule has 3 aliphatic rings. The number of rotatable bonds is 4. The third-order valence-electron chi connectivity index (χ3n) is 5.47. The summed E-state index contributed by atoms with van der Waals surface area (Å²) in [5.41, 5.74) is 0. The summed E-state index contributed by atoms with van der Waals surface area (Å²) < 4.78 is 0. The van der Waals surface area contributed by atoms with Crippen LogP contribution >= 0.6 is 0 Å². The molecule has 4 atom stereocenters. The lowest BCUT2D eigenvalue weighted by atomic mass is 9.84. The van der Waals surface area contributed by atoms with Crippen LogP contribution in [0.1, 0.15) is 65.2 Å². The van der Waals surface area contributed by atoms with Gasteiger partial charge in [-0.05, 0) is 44.9 Å². The van der Waals surface area contributed by atoms with E-state index in [-0.39, 0.29) is 0 Å². The van der Waals surface area contributed by atoms with Crippen molar-refractivity contribution in [1.82, 2.24) is 10.2 Å². The van der Waals surface area contributed by atoms with Crippen LogP contribution in [-0.4, -0.2) is 35.6 Å². The molecule has 104 valence electrons. The lowest BCUT2D eigenvalue weighted by Crippen LogP contribution is -2.42. The molecule has 1 aliphatic heterocycles. The monoisotopic (exact) mass is 250 g/mol. The van der Waals surface area contributed by atoms with Gasteiger partial charge in [-0.2, -0.15) is 0 Å². The van der Waals surface area contributed by atoms with E-state index in [0.29, 0.717) is 0 Å². The predicted octanol–water partition coefficient (Wildman–Crippen LogP) is 3.17. The quantitative estimate of drug-likeness (QED) is 0.824. The molecule has 0 radical (unpaired) electrons. The van der Waals surface area contributed by atoms with Crippen molar-refractivity contribution in [3.63, 3.8) is 0 Å². The number of nitrogens with one attached hydrogen (secondary N) is 1. The standard InChI is InChI=1S/C16H30N2/c1-3-13-5-4-6-14(10-13)17-15-9-12(2)18(11-15)16-7-8-16/h12-17H,3-11H2,1-2H3. The van der Waals surface area contributed by atoms with Gasteiger partial charge in [-0.1, -0.05) is 26.2 Å². The first kappa shape index (κ1) is 12.9. The van der Waals surface area contributed by atoms with E-state index in [1.54, 1.807) is 0 Å². The summed E-state index contributed by atoms with van der Waals surface area (Å²) in [5.74, 6) is 0.995. The fourth-order valence-corrected chi connectivity index (χ4v) is 4.24. The van der Waals surface area contributed by atoms with Crippen molar-refractivity contribution in [2.24, 2.45) is 5.92 Å². The molecule has 1 saturated heterocycles. The molecule has 0 aromatic rings. The predicted molar refractivity (Wildman–Crippen MR) is 76.8 cm³/mol. The van der Waals surface area contributed by atoms with Gasteiger partial charge in [-0.25, -0.2) is 0 Å². The Labute approximate surface area is 113 Å². The zero-order valence-electron chi connectivity index (χ0n) is 12.2. The summed E-state index contributed by atoms with van der Waals surface area (Å²) in [6.07, 6.45) is 11.5. The van der Waals surface area contributed by atoms with Gasteiger partial charge in [-0.3, -0.25) is 4.90 Å². The van der Waals surface area contributed by atoms with E-state index in [9.17, 15) is 0 Å². The third kappa shape index (κ3) is 2.91. The highest BCUT2D eigenvalue weighted by molar-refractivity contribution is 4.97. The molecule has 0 aromatic carbocycles. The molecular weight excluding hydrogens is 220 g/mol. The number of hydrogen-bond acceptors (Lipinski definition) is 2. The second kappa shape index (κ2) is 5.50. The molecule has 2 aliphatic carbocycles. The summed E-state index contributed by atoms with van der Waals surface area (Å²) in [6.45, 7) is 6.11. The van der Waals surface area contributed by atoms with Crippen molar-refractivity contribution in [2.75, 3.05) is 6.54 Å². The van der Waals surface area contributed by atoms with Crippen LogP contribution in [0, 0.1) is 5.92 Å². The van der Waals surface area contributed by atoms with Crippen LogP contribution in [0.4, 0.5) is 0 Å². The number of likely N-dealkylation sites (tertiary alicyclic amines) is 1. The summed E-state index contributed by atoms with van der Waals surface area (Å²) in [7, 11) is 0. The molecule has 0 aromatic heterocycles. The lowest BCUT2D eigenvalue weighted by Gasteiger charge is -2.31. The fourth-order valence-electron chi connectivity index (χ4n) is 4.24. The zero-order chi connectivity index (χ0) is 12.5. The van der Waals surface area contributed by atoms with Gasteiger partial charge in [-0.15, -0.1) is 0 Å². The first-order valence-electron chi connectivity index (χ1n) is 8.28. The summed E-state index contributed by atoms with van der Waals surface area (Å²) in [4.78, 5) is 2.76. The molecule has 4 unspecified atom stereocenters. The van der Waals surface area contributed by atoms with Gasteiger partial charge in [0.1, 0.15) is 0 Å². The zero-order valence-corrected chi connectivity index (χ0v) is 12.2. The normalized spacial score (nSPS) is 42.3. The maximum atomic E-state index is 3.98. The molecule has 18 heavy (non-hydrogen) atoms. The van der Waals surface area contributed by atoms with Gasteiger partial charge in [0.05, 0.1) is 0 Å². The molecule has 3 fully saturated rings. The van der Waals surface area contributed by atoms with Crippen LogP contribution in [0.15, 0.2) is 0 Å². The Bertz CT molecular complexity index is 274. The maximum Gasteiger partial charge on any atom is 0.0212 e. The van der Waals surface area contributed by atoms with Crippen molar-refractivity contribution in [2.45, 2.75) is 89.4 Å². The SMILES string of the molecule is CCC1CCCC(NC2CC(C)N(C3CC3)C2)C1. The first-order chi connectivity index (χ1) is 8.76. The minimum Gasteiger partial charge on any atom is -0.310 e. The van der Waals surface area contributed by atoms with Crippen LogP contribution in [-0.2, 0) is 0 Å². The Hall–Kier alpha value is -0.0800. The van der Waals surface area contributed by atoms with Crippen molar-refractivity contribution in [1.29, 1.82) is 0 Å². The fraction of sp³-hybridized carbons (Fsp3) is 1.00. The smallest absolute Gasteiger partial charge is 0.0212 e. The summed E-state index contributed by atoms with van der Waals surface area (Å²) >= 11 is 0. The van der Waals surface area contributed by atoms with E-state index in [0.717, 1.165) is 30.1 Å². The van der Waals surface area contributed by atoms with Crippen LogP contribution in [0.5, 0.6) is 0 Å². The Kier molecular flexibility index (Phi) is 3.95. The largest absolute Gasteiger partial charge is 0.310 e. The second-order valence-corrected chi connectivity index (χ2v) is 7.01. The Morgan fingerprint density at radius 3 is 2.61 bits per heavy atom. The van der Waals surface area contributed by atoms with Gasteiger partial charge in [0, 0.05) is 30.7 Å². The molecular formula is C16H30N2. The van der Waals surface area contributed by atoms with E-state index in [1.807, 2.05) is 0 Å². The van der Waals surface area contributed by atoms with Crippen LogP contribution in [0.25, 0.3) is 0 Å². The Morgan fingerprint density at radius 2 is 1.89 bits per heavy atom. The average molecular weight is 250 g/mol. The number of hydrogen-bond donors (Lipinski definition) is 1. The molecule has 3 rings (SSSR count). The van der Waals surface area contributed by atoms with Crippen molar-refractivity contribution in [3.05, 3.63) is 0 Å². The lowest BCUT2D eigenvalue weighted by molar-refractivity contribution is 0.242. The molecule has 2 saturated carbocycles. The van der Waals surface area contributed by atoms with Gasteiger partial charge < -0.3 is 5.32 Å². The van der Waals surface area contributed by atoms with Gasteiger partial charge in [0.2, 0.25) is 0 Å². The highest BCUT2D eigenvalue weighted by atomic mass is 15.3. The van der Waals surface area contributed by atoms with Gasteiger partial charge >= 0.3 is 0 Å². The van der Waals surface area contributed by atoms with Crippen LogP contribution in [0.2, 0.25) is 0 Å². The topological polar surface area (TPSA) is 15.3 Å². The van der Waals surface area contributed by atoms with E-state index in [2.05, 4.69) is 24.1 Å². The van der Waals surface area contributed by atoms with Crippen molar-refractivity contribution < 1.29 is 0 Å². The highest BCUT2D eigenvalue weighted by Gasteiger charge is 2.39. The molecule has 0 bridgehead atoms. The van der Waals surface area contributed by atoms with Crippen LogP contribution < -0.4 is 5.32 Å². The van der Waals surface area contributed by atoms with E-state index >= 15 is 0 Å². The van der Waals surface area contributed by atoms with Crippen LogP contribution in [0.3, 0.4) is 0 Å². The first-order valence-corrected chi connectivity index (χ1v) is 8.28. The molecule has 1 heterocycles. The highest BCUT2D eigenvalue weighted by Crippen LogP contribution is 2.34. The molecule has 2 heteroatoms. The van der Waals surface area contributed by atoms with Gasteiger partial charge in [0.15, 0.2) is 0 Å². The minimum atomic E-state index is 0.779. The summed E-state index contributed by atoms with van der Waals surface area (Å²) in [5, 5.41) is 3.98. The molecule has 2 nitrogen and oxygen atoms in total. The van der Waals surface area contributed by atoms with Gasteiger partial charge in [0.25, 0.3) is 0 Å². The van der Waals surface area contributed by atoms with Crippen molar-refractivity contribution in [3.8, 4) is 0 Å². The second-order valence-electron chi connectivity index (χ2n) is 7.01. The average Bonchev–Trinajstić information content (AvgIpc) is 3.15. The minimum absolute atomic E-state index is 0.779. The number of nitrogens with zero attached hydrogens (tertiary/aromatic N) is 1. The summed E-state index contributed by atoms with van der Waals surface area (Å²) in [6, 6.07) is 3.36. The maximum absolute atomic E-state index is 3.98. The molecule has 0 amide bonds.